The molecule has 0 N–H and O–H groups in total. The lowest BCUT2D eigenvalue weighted by atomic mass is 10.1. The lowest BCUT2D eigenvalue weighted by Gasteiger charge is -2.17. The van der Waals surface area contributed by atoms with Gasteiger partial charge < -0.3 is 14.4 Å². The van der Waals surface area contributed by atoms with Crippen LogP contribution in [0.1, 0.15) is 24.6 Å². The number of para-hydroxylation sites is 1. The standard InChI is InChI=1S/C24H26N2O4/c1-3-29-21-13-8-18(9-14-21)16-26(2)23(27)17-30-24(28)15-12-20-11-10-19-6-4-5-7-22(19)25-20/h4-11,13-14H,3,12,15-17H2,1-2H3. The molecule has 0 unspecified atom stereocenters. The maximum Gasteiger partial charge on any atom is 0.306 e. The number of fused-ring (bicyclic) bond motifs is 1. The van der Waals surface area contributed by atoms with Crippen molar-refractivity contribution in [2.75, 3.05) is 20.3 Å². The molecule has 0 aliphatic carbocycles. The lowest BCUT2D eigenvalue weighted by molar-refractivity contribution is -0.151. The second-order valence-corrected chi connectivity index (χ2v) is 6.98. The maximum atomic E-state index is 12.3. The fourth-order valence-electron chi connectivity index (χ4n) is 3.02. The Morgan fingerprint density at radius 2 is 1.77 bits per heavy atom. The molecule has 6 nitrogen and oxygen atoms in total. The quantitative estimate of drug-likeness (QED) is 0.506. The number of carbonyl (C=O) groups excluding carboxylic acids is 2. The normalized spacial score (nSPS) is 10.6. The van der Waals surface area contributed by atoms with Crippen LogP contribution < -0.4 is 4.74 Å². The molecule has 0 aliphatic heterocycles. The van der Waals surface area contributed by atoms with E-state index in [4.69, 9.17) is 9.47 Å². The number of likely N-dealkylation sites (N-methyl/N-ethyl adjacent to an activating group) is 1. The van der Waals surface area contributed by atoms with E-state index in [1.165, 1.54) is 4.90 Å². The zero-order chi connectivity index (χ0) is 21.3. The van der Waals surface area contributed by atoms with E-state index in [2.05, 4.69) is 4.98 Å². The number of amides is 1. The summed E-state index contributed by atoms with van der Waals surface area (Å²) in [7, 11) is 1.69. The minimum atomic E-state index is -0.409. The third-order valence-electron chi connectivity index (χ3n) is 4.68. The van der Waals surface area contributed by atoms with Crippen LogP contribution in [-0.4, -0.2) is 42.0 Å². The predicted molar refractivity (Wildman–Crippen MR) is 115 cm³/mol. The molecule has 1 heterocycles. The molecular weight excluding hydrogens is 380 g/mol. The number of hydrogen-bond acceptors (Lipinski definition) is 5. The summed E-state index contributed by atoms with van der Waals surface area (Å²) >= 11 is 0. The average molecular weight is 406 g/mol. The van der Waals surface area contributed by atoms with Gasteiger partial charge in [0.15, 0.2) is 6.61 Å². The first-order valence-corrected chi connectivity index (χ1v) is 10.0. The zero-order valence-electron chi connectivity index (χ0n) is 17.3. The van der Waals surface area contributed by atoms with Crippen molar-refractivity contribution in [2.24, 2.45) is 0 Å². The molecule has 0 spiro atoms. The Balaban J connectivity index is 1.42. The number of rotatable bonds is 9. The van der Waals surface area contributed by atoms with Gasteiger partial charge in [0.2, 0.25) is 0 Å². The second-order valence-electron chi connectivity index (χ2n) is 6.98. The number of aromatic nitrogens is 1. The molecule has 1 aromatic heterocycles. The second kappa shape index (κ2) is 10.4. The number of carbonyl (C=O) groups is 2. The number of aryl methyl sites for hydroxylation is 1. The third-order valence-corrected chi connectivity index (χ3v) is 4.68. The summed E-state index contributed by atoms with van der Waals surface area (Å²) in [5.74, 6) is 0.138. The largest absolute Gasteiger partial charge is 0.494 e. The molecule has 3 rings (SSSR count). The number of pyridine rings is 1. The van der Waals surface area contributed by atoms with Gasteiger partial charge in [0, 0.05) is 31.1 Å². The van der Waals surface area contributed by atoms with Crippen LogP contribution in [0.5, 0.6) is 5.75 Å². The third kappa shape index (κ3) is 6.04. The number of nitrogens with zero attached hydrogens (tertiary/aromatic N) is 2. The first-order valence-electron chi connectivity index (χ1n) is 10.0. The van der Waals surface area contributed by atoms with Crippen LogP contribution in [0.2, 0.25) is 0 Å². The molecular formula is C24H26N2O4. The van der Waals surface area contributed by atoms with Crippen molar-refractivity contribution >= 4 is 22.8 Å². The molecule has 6 heteroatoms. The summed E-state index contributed by atoms with van der Waals surface area (Å²) in [6.45, 7) is 2.71. The minimum Gasteiger partial charge on any atom is -0.494 e. The van der Waals surface area contributed by atoms with E-state index >= 15 is 0 Å². The van der Waals surface area contributed by atoms with Gasteiger partial charge in [0.05, 0.1) is 18.5 Å². The van der Waals surface area contributed by atoms with Crippen LogP contribution in [0.25, 0.3) is 10.9 Å². The van der Waals surface area contributed by atoms with E-state index in [1.54, 1.807) is 7.05 Å². The minimum absolute atomic E-state index is 0.182. The maximum absolute atomic E-state index is 12.3. The first-order chi connectivity index (χ1) is 14.5. The summed E-state index contributed by atoms with van der Waals surface area (Å²) in [6, 6.07) is 19.3. The predicted octanol–water partition coefficient (Wildman–Crippen LogP) is 3.77. The summed E-state index contributed by atoms with van der Waals surface area (Å²) in [5.41, 5.74) is 2.70. The van der Waals surface area contributed by atoms with Gasteiger partial charge in [0.25, 0.3) is 5.91 Å². The van der Waals surface area contributed by atoms with E-state index in [-0.39, 0.29) is 18.9 Å². The molecule has 0 saturated carbocycles. The van der Waals surface area contributed by atoms with Crippen LogP contribution in [0.4, 0.5) is 0 Å². The Kier molecular flexibility index (Phi) is 7.38. The topological polar surface area (TPSA) is 68.7 Å². The molecule has 0 radical (unpaired) electrons. The molecule has 30 heavy (non-hydrogen) atoms. The summed E-state index contributed by atoms with van der Waals surface area (Å²) < 4.78 is 10.6. The molecule has 0 bridgehead atoms. The fraction of sp³-hybridized carbons (Fsp3) is 0.292. The van der Waals surface area contributed by atoms with Gasteiger partial charge in [0.1, 0.15) is 5.75 Å². The van der Waals surface area contributed by atoms with Gasteiger partial charge >= 0.3 is 5.97 Å². The fourth-order valence-corrected chi connectivity index (χ4v) is 3.02. The highest BCUT2D eigenvalue weighted by Crippen LogP contribution is 2.14. The molecule has 1 amide bonds. The molecule has 3 aromatic rings. The molecule has 2 aromatic carbocycles. The van der Waals surface area contributed by atoms with Gasteiger partial charge in [-0.05, 0) is 36.8 Å². The SMILES string of the molecule is CCOc1ccc(CN(C)C(=O)COC(=O)CCc2ccc3ccccc3n2)cc1. The van der Waals surface area contributed by atoms with Crippen LogP contribution in [0.3, 0.4) is 0 Å². The van der Waals surface area contributed by atoms with E-state index in [0.717, 1.165) is 27.9 Å². The zero-order valence-corrected chi connectivity index (χ0v) is 17.3. The molecule has 0 aliphatic rings. The van der Waals surface area contributed by atoms with Gasteiger partial charge in [-0.2, -0.15) is 0 Å². The van der Waals surface area contributed by atoms with Crippen molar-refractivity contribution in [3.05, 3.63) is 71.9 Å². The van der Waals surface area contributed by atoms with Crippen LogP contribution in [-0.2, 0) is 27.3 Å². The summed E-state index contributed by atoms with van der Waals surface area (Å²) in [5, 5.41) is 1.06. The lowest BCUT2D eigenvalue weighted by Crippen LogP contribution is -2.30. The Bertz CT molecular complexity index is 1000. The Hall–Kier alpha value is -3.41. The highest BCUT2D eigenvalue weighted by atomic mass is 16.5. The summed E-state index contributed by atoms with van der Waals surface area (Å²) in [6.07, 6.45) is 0.654. The number of esters is 1. The van der Waals surface area contributed by atoms with Gasteiger partial charge in [-0.3, -0.25) is 14.6 Å². The van der Waals surface area contributed by atoms with Crippen LogP contribution in [0.15, 0.2) is 60.7 Å². The van der Waals surface area contributed by atoms with Gasteiger partial charge in [-0.1, -0.05) is 36.4 Å². The van der Waals surface area contributed by atoms with Crippen molar-refractivity contribution in [3.8, 4) is 5.75 Å². The van der Waals surface area contributed by atoms with E-state index < -0.39 is 5.97 Å². The Morgan fingerprint density at radius 1 is 1.00 bits per heavy atom. The first kappa shape index (κ1) is 21.3. The van der Waals surface area contributed by atoms with Crippen molar-refractivity contribution < 1.29 is 19.1 Å². The summed E-state index contributed by atoms with van der Waals surface area (Å²) in [4.78, 5) is 30.4. The van der Waals surface area contributed by atoms with Gasteiger partial charge in [-0.25, -0.2) is 0 Å². The van der Waals surface area contributed by atoms with Crippen LogP contribution >= 0.6 is 0 Å². The molecule has 0 atom stereocenters. The number of ether oxygens (including phenoxy) is 2. The van der Waals surface area contributed by atoms with Crippen molar-refractivity contribution in [3.63, 3.8) is 0 Å². The number of benzene rings is 2. The highest BCUT2D eigenvalue weighted by Gasteiger charge is 2.13. The molecule has 156 valence electrons. The van der Waals surface area contributed by atoms with Crippen molar-refractivity contribution in [1.82, 2.24) is 9.88 Å². The number of hydrogen-bond donors (Lipinski definition) is 0. The smallest absolute Gasteiger partial charge is 0.306 e. The van der Waals surface area contributed by atoms with Crippen molar-refractivity contribution in [2.45, 2.75) is 26.3 Å². The van der Waals surface area contributed by atoms with Gasteiger partial charge in [-0.15, -0.1) is 0 Å². The van der Waals surface area contributed by atoms with Crippen LogP contribution in [0, 0.1) is 0 Å². The highest BCUT2D eigenvalue weighted by molar-refractivity contribution is 5.81. The van der Waals surface area contributed by atoms with E-state index in [9.17, 15) is 9.59 Å². The van der Waals surface area contributed by atoms with E-state index in [1.807, 2.05) is 67.6 Å². The average Bonchev–Trinajstić information content (AvgIpc) is 2.77. The van der Waals surface area contributed by atoms with E-state index in [0.29, 0.717) is 19.6 Å². The molecule has 0 fully saturated rings. The Morgan fingerprint density at radius 3 is 2.53 bits per heavy atom. The molecule has 0 saturated heterocycles. The van der Waals surface area contributed by atoms with Crippen molar-refractivity contribution in [1.29, 1.82) is 0 Å². The monoisotopic (exact) mass is 406 g/mol. The Labute approximate surface area is 176 Å².